The summed E-state index contributed by atoms with van der Waals surface area (Å²) in [6, 6.07) is 18.8. The number of para-hydroxylation sites is 2. The highest BCUT2D eigenvalue weighted by molar-refractivity contribution is 5.67. The summed E-state index contributed by atoms with van der Waals surface area (Å²) in [5, 5.41) is 5.50. The van der Waals surface area contributed by atoms with Crippen LogP contribution in [0.15, 0.2) is 60.7 Å². The number of unbranched alkanes of at least 4 members (excludes halogenated alkanes) is 3. The Morgan fingerprint density at radius 2 is 1.03 bits per heavy atom. The molecule has 0 saturated carbocycles. The molecule has 0 aliphatic carbocycles. The van der Waals surface area contributed by atoms with E-state index >= 15 is 0 Å². The van der Waals surface area contributed by atoms with E-state index in [1.807, 2.05) is 60.7 Å². The number of benzene rings is 2. The Labute approximate surface area is 201 Å². The van der Waals surface area contributed by atoms with Crippen molar-refractivity contribution in [2.75, 3.05) is 26.3 Å². The SMILES string of the molecule is CC(COc1ccccc1)OC(=O)NCCCCCCNC(=O)OC(C)COc1ccccc1. The molecule has 2 N–H and O–H groups in total. The van der Waals surface area contributed by atoms with E-state index in [0.717, 1.165) is 37.2 Å². The third-order valence-corrected chi connectivity index (χ3v) is 4.71. The second-order valence-electron chi connectivity index (χ2n) is 7.95. The zero-order chi connectivity index (χ0) is 24.4. The van der Waals surface area contributed by atoms with Crippen molar-refractivity contribution >= 4 is 12.2 Å². The number of hydrogen-bond acceptors (Lipinski definition) is 6. The van der Waals surface area contributed by atoms with Crippen LogP contribution >= 0.6 is 0 Å². The van der Waals surface area contributed by atoms with Gasteiger partial charge in [0.15, 0.2) is 0 Å². The van der Waals surface area contributed by atoms with Crippen molar-refractivity contribution in [2.45, 2.75) is 51.7 Å². The molecule has 0 saturated heterocycles. The monoisotopic (exact) mass is 472 g/mol. The summed E-state index contributed by atoms with van der Waals surface area (Å²) >= 11 is 0. The fraction of sp³-hybridized carbons (Fsp3) is 0.462. The van der Waals surface area contributed by atoms with Crippen LogP contribution in [0.25, 0.3) is 0 Å². The lowest BCUT2D eigenvalue weighted by Gasteiger charge is -2.15. The van der Waals surface area contributed by atoms with Gasteiger partial charge in [-0.05, 0) is 51.0 Å². The molecule has 8 nitrogen and oxygen atoms in total. The Kier molecular flexibility index (Phi) is 12.8. The topological polar surface area (TPSA) is 95.1 Å². The van der Waals surface area contributed by atoms with Crippen LogP contribution in [0.1, 0.15) is 39.5 Å². The Balaban J connectivity index is 1.40. The Hall–Kier alpha value is -3.42. The van der Waals surface area contributed by atoms with Crippen molar-refractivity contribution in [3.63, 3.8) is 0 Å². The number of carbonyl (C=O) groups is 2. The van der Waals surface area contributed by atoms with E-state index in [2.05, 4.69) is 10.6 Å². The average Bonchev–Trinajstić information content (AvgIpc) is 2.84. The molecule has 0 aromatic heterocycles. The van der Waals surface area contributed by atoms with E-state index in [-0.39, 0.29) is 12.2 Å². The molecule has 2 amide bonds. The molecule has 8 heteroatoms. The van der Waals surface area contributed by atoms with Gasteiger partial charge in [-0.2, -0.15) is 0 Å². The number of amides is 2. The van der Waals surface area contributed by atoms with Crippen molar-refractivity contribution in [3.8, 4) is 11.5 Å². The lowest BCUT2D eigenvalue weighted by molar-refractivity contribution is 0.0747. The first-order valence-corrected chi connectivity index (χ1v) is 11.8. The van der Waals surface area contributed by atoms with Crippen molar-refractivity contribution in [1.82, 2.24) is 10.6 Å². The lowest BCUT2D eigenvalue weighted by Crippen LogP contribution is -2.31. The minimum Gasteiger partial charge on any atom is -0.490 e. The number of carbonyl (C=O) groups excluding carboxylic acids is 2. The van der Waals surface area contributed by atoms with Crippen molar-refractivity contribution in [2.24, 2.45) is 0 Å². The zero-order valence-electron chi connectivity index (χ0n) is 20.0. The first kappa shape index (κ1) is 26.8. The summed E-state index contributed by atoms with van der Waals surface area (Å²) in [7, 11) is 0. The largest absolute Gasteiger partial charge is 0.490 e. The predicted molar refractivity (Wildman–Crippen MR) is 130 cm³/mol. The zero-order valence-corrected chi connectivity index (χ0v) is 20.0. The number of alkyl carbamates (subject to hydrolysis) is 2. The van der Waals surface area contributed by atoms with Crippen LogP contribution in [0, 0.1) is 0 Å². The first-order chi connectivity index (χ1) is 16.5. The van der Waals surface area contributed by atoms with E-state index in [9.17, 15) is 9.59 Å². The van der Waals surface area contributed by atoms with Crippen LogP contribution in [-0.4, -0.2) is 50.7 Å². The fourth-order valence-electron chi connectivity index (χ4n) is 2.96. The molecular formula is C26H36N2O6. The molecule has 2 rings (SSSR count). The molecule has 2 aromatic rings. The van der Waals surface area contributed by atoms with Gasteiger partial charge in [-0.25, -0.2) is 9.59 Å². The Morgan fingerprint density at radius 3 is 1.41 bits per heavy atom. The molecule has 2 unspecified atom stereocenters. The normalized spacial score (nSPS) is 12.2. The fourth-order valence-corrected chi connectivity index (χ4v) is 2.96. The second-order valence-corrected chi connectivity index (χ2v) is 7.95. The number of hydrogen-bond donors (Lipinski definition) is 2. The molecule has 2 atom stereocenters. The van der Waals surface area contributed by atoms with E-state index in [4.69, 9.17) is 18.9 Å². The van der Waals surface area contributed by atoms with Gasteiger partial charge in [-0.3, -0.25) is 0 Å². The van der Waals surface area contributed by atoms with Crippen molar-refractivity contribution in [3.05, 3.63) is 60.7 Å². The van der Waals surface area contributed by atoms with Crippen LogP contribution in [-0.2, 0) is 9.47 Å². The minimum absolute atomic E-state index is 0.297. The summed E-state index contributed by atoms with van der Waals surface area (Å²) in [4.78, 5) is 23.7. The molecule has 0 fully saturated rings. The maximum Gasteiger partial charge on any atom is 0.407 e. The molecule has 34 heavy (non-hydrogen) atoms. The Bertz CT molecular complexity index is 749. The minimum atomic E-state index is -0.445. The van der Waals surface area contributed by atoms with Gasteiger partial charge in [0.25, 0.3) is 0 Å². The summed E-state index contributed by atoms with van der Waals surface area (Å²) < 4.78 is 21.7. The molecule has 0 heterocycles. The van der Waals surface area contributed by atoms with Crippen LogP contribution in [0.4, 0.5) is 9.59 Å². The standard InChI is InChI=1S/C26H36N2O6/c1-21(19-31-23-13-7-5-8-14-23)33-25(29)27-17-11-3-4-12-18-28-26(30)34-22(2)20-32-24-15-9-6-10-16-24/h5-10,13-16,21-22H,3-4,11-12,17-20H2,1-2H3,(H,27,29)(H,28,30). The second kappa shape index (κ2) is 16.2. The van der Waals surface area contributed by atoms with Gasteiger partial charge in [-0.1, -0.05) is 49.2 Å². The number of rotatable bonds is 15. The van der Waals surface area contributed by atoms with Gasteiger partial charge < -0.3 is 29.6 Å². The van der Waals surface area contributed by atoms with Gasteiger partial charge in [0, 0.05) is 13.1 Å². The molecule has 2 aromatic carbocycles. The molecule has 186 valence electrons. The maximum atomic E-state index is 11.8. The van der Waals surface area contributed by atoms with E-state index in [0.29, 0.717) is 26.3 Å². The highest BCUT2D eigenvalue weighted by Gasteiger charge is 2.11. The smallest absolute Gasteiger partial charge is 0.407 e. The molecule has 0 bridgehead atoms. The summed E-state index contributed by atoms with van der Waals surface area (Å²) in [6.07, 6.45) is 1.95. The Morgan fingerprint density at radius 1 is 0.647 bits per heavy atom. The van der Waals surface area contributed by atoms with E-state index < -0.39 is 12.2 Å². The predicted octanol–water partition coefficient (Wildman–Crippen LogP) is 4.93. The first-order valence-electron chi connectivity index (χ1n) is 11.8. The van der Waals surface area contributed by atoms with Crippen LogP contribution < -0.4 is 20.1 Å². The van der Waals surface area contributed by atoms with Crippen LogP contribution in [0.5, 0.6) is 11.5 Å². The summed E-state index contributed by atoms with van der Waals surface area (Å²) in [6.45, 7) is 5.26. The van der Waals surface area contributed by atoms with Gasteiger partial charge in [-0.15, -0.1) is 0 Å². The lowest BCUT2D eigenvalue weighted by atomic mass is 10.2. The van der Waals surface area contributed by atoms with E-state index in [1.54, 1.807) is 13.8 Å². The third kappa shape index (κ3) is 12.6. The highest BCUT2D eigenvalue weighted by atomic mass is 16.6. The van der Waals surface area contributed by atoms with E-state index in [1.165, 1.54) is 0 Å². The molecular weight excluding hydrogens is 436 g/mol. The van der Waals surface area contributed by atoms with Gasteiger partial charge >= 0.3 is 12.2 Å². The average molecular weight is 473 g/mol. The number of ether oxygens (including phenoxy) is 4. The summed E-state index contributed by atoms with van der Waals surface area (Å²) in [5.74, 6) is 1.49. The van der Waals surface area contributed by atoms with Crippen LogP contribution in [0.3, 0.4) is 0 Å². The summed E-state index contributed by atoms with van der Waals surface area (Å²) in [5.41, 5.74) is 0. The third-order valence-electron chi connectivity index (χ3n) is 4.71. The maximum absolute atomic E-state index is 11.8. The van der Waals surface area contributed by atoms with Crippen molar-refractivity contribution in [1.29, 1.82) is 0 Å². The van der Waals surface area contributed by atoms with Crippen molar-refractivity contribution < 1.29 is 28.5 Å². The molecule has 0 spiro atoms. The molecule has 0 aliphatic heterocycles. The van der Waals surface area contributed by atoms with Crippen LogP contribution in [0.2, 0.25) is 0 Å². The number of nitrogens with one attached hydrogen (secondary N) is 2. The quantitative estimate of drug-likeness (QED) is 0.357. The molecule has 0 radical (unpaired) electrons. The van der Waals surface area contributed by atoms with Gasteiger partial charge in [0.2, 0.25) is 0 Å². The van der Waals surface area contributed by atoms with Gasteiger partial charge in [0.1, 0.15) is 36.9 Å². The van der Waals surface area contributed by atoms with Gasteiger partial charge in [0.05, 0.1) is 0 Å². The molecule has 0 aliphatic rings. The highest BCUT2D eigenvalue weighted by Crippen LogP contribution is 2.10.